The van der Waals surface area contributed by atoms with Gasteiger partial charge in [-0.1, -0.05) is 0 Å². The van der Waals surface area contributed by atoms with Crippen LogP contribution in [0.15, 0.2) is 6.20 Å². The lowest BCUT2D eigenvalue weighted by atomic mass is 10.2. The molecule has 0 atom stereocenters. The van der Waals surface area contributed by atoms with Crippen molar-refractivity contribution in [2.45, 2.75) is 34.2 Å². The lowest BCUT2D eigenvalue weighted by Gasteiger charge is -2.02. The highest BCUT2D eigenvalue weighted by Gasteiger charge is 2.15. The van der Waals surface area contributed by atoms with Gasteiger partial charge in [-0.3, -0.25) is 14.8 Å². The first kappa shape index (κ1) is 12.8. The monoisotopic (exact) mass is 264 g/mol. The Hall–Kier alpha value is -1.69. The summed E-state index contributed by atoms with van der Waals surface area (Å²) < 4.78 is 1.80. The van der Waals surface area contributed by atoms with E-state index in [1.54, 1.807) is 10.9 Å². The molecule has 6 heteroatoms. The minimum absolute atomic E-state index is 0.152. The molecule has 0 fully saturated rings. The first-order valence-electron chi connectivity index (χ1n) is 5.80. The first-order valence-corrected chi connectivity index (χ1v) is 6.62. The zero-order valence-electron chi connectivity index (χ0n) is 10.9. The first-order chi connectivity index (χ1) is 8.52. The predicted octanol–water partition coefficient (Wildman–Crippen LogP) is 2.54. The summed E-state index contributed by atoms with van der Waals surface area (Å²) in [5, 5.41) is 7.61. The van der Waals surface area contributed by atoms with Crippen molar-refractivity contribution in [1.82, 2.24) is 14.8 Å². The maximum Gasteiger partial charge on any atom is 0.260 e. The number of rotatable bonds is 3. The number of carbonyl (C=O) groups excluding carboxylic acids is 1. The Bertz CT molecular complexity index is 565. The van der Waals surface area contributed by atoms with Crippen molar-refractivity contribution in [2.24, 2.45) is 0 Å². The molecule has 0 bridgehead atoms. The molecule has 96 valence electrons. The SMILES string of the molecule is CCn1ncc(C(=O)Nc2nc(C)c(C)s2)c1C. The third-order valence-electron chi connectivity index (χ3n) is 2.90. The van der Waals surface area contributed by atoms with Gasteiger partial charge in [-0.25, -0.2) is 4.98 Å². The average Bonchev–Trinajstić information content (AvgIpc) is 2.83. The lowest BCUT2D eigenvalue weighted by Crippen LogP contribution is -2.13. The van der Waals surface area contributed by atoms with Crippen LogP contribution in [-0.4, -0.2) is 20.7 Å². The summed E-state index contributed by atoms with van der Waals surface area (Å²) in [4.78, 5) is 17.5. The quantitative estimate of drug-likeness (QED) is 0.926. The van der Waals surface area contributed by atoms with E-state index < -0.39 is 0 Å². The molecule has 0 aliphatic carbocycles. The van der Waals surface area contributed by atoms with Crippen molar-refractivity contribution in [1.29, 1.82) is 0 Å². The number of carbonyl (C=O) groups is 1. The van der Waals surface area contributed by atoms with Crippen molar-refractivity contribution in [2.75, 3.05) is 5.32 Å². The van der Waals surface area contributed by atoms with E-state index in [0.29, 0.717) is 10.7 Å². The summed E-state index contributed by atoms with van der Waals surface area (Å²) in [6.45, 7) is 8.57. The third kappa shape index (κ3) is 2.28. The van der Waals surface area contributed by atoms with Crippen LogP contribution in [0.2, 0.25) is 0 Å². The van der Waals surface area contributed by atoms with Gasteiger partial charge in [0.25, 0.3) is 5.91 Å². The maximum atomic E-state index is 12.1. The van der Waals surface area contributed by atoms with Gasteiger partial charge in [-0.05, 0) is 27.7 Å². The highest BCUT2D eigenvalue weighted by atomic mass is 32.1. The van der Waals surface area contributed by atoms with Gasteiger partial charge in [0, 0.05) is 17.1 Å². The second kappa shape index (κ2) is 4.89. The van der Waals surface area contributed by atoms with Crippen LogP contribution < -0.4 is 5.32 Å². The molecule has 0 aliphatic rings. The maximum absolute atomic E-state index is 12.1. The Morgan fingerprint density at radius 2 is 2.17 bits per heavy atom. The van der Waals surface area contributed by atoms with Crippen LogP contribution in [0.4, 0.5) is 5.13 Å². The zero-order chi connectivity index (χ0) is 13.3. The molecule has 2 heterocycles. The van der Waals surface area contributed by atoms with Crippen LogP contribution in [-0.2, 0) is 6.54 Å². The fourth-order valence-electron chi connectivity index (χ4n) is 1.68. The van der Waals surface area contributed by atoms with Gasteiger partial charge >= 0.3 is 0 Å². The van der Waals surface area contributed by atoms with Gasteiger partial charge in [-0.2, -0.15) is 5.10 Å². The Balaban J connectivity index is 2.19. The topological polar surface area (TPSA) is 59.8 Å². The summed E-state index contributed by atoms with van der Waals surface area (Å²) in [5.41, 5.74) is 2.43. The van der Waals surface area contributed by atoms with Crippen molar-refractivity contribution >= 4 is 22.4 Å². The van der Waals surface area contributed by atoms with E-state index in [2.05, 4.69) is 15.4 Å². The molecule has 0 unspecified atom stereocenters. The number of amides is 1. The van der Waals surface area contributed by atoms with E-state index in [9.17, 15) is 4.79 Å². The highest BCUT2D eigenvalue weighted by Crippen LogP contribution is 2.22. The Morgan fingerprint density at radius 1 is 1.44 bits per heavy atom. The molecule has 0 radical (unpaired) electrons. The van der Waals surface area contributed by atoms with Crippen molar-refractivity contribution < 1.29 is 4.79 Å². The molecule has 0 saturated heterocycles. The molecule has 5 nitrogen and oxygen atoms in total. The minimum Gasteiger partial charge on any atom is -0.298 e. The second-order valence-corrected chi connectivity index (χ2v) is 5.28. The van der Waals surface area contributed by atoms with Crippen LogP contribution in [0.25, 0.3) is 0 Å². The summed E-state index contributed by atoms with van der Waals surface area (Å²) in [5.74, 6) is -0.152. The highest BCUT2D eigenvalue weighted by molar-refractivity contribution is 7.15. The smallest absolute Gasteiger partial charge is 0.260 e. The molecular formula is C12H16N4OS. The Kier molecular flexibility index (Phi) is 3.47. The van der Waals surface area contributed by atoms with Crippen LogP contribution in [0, 0.1) is 20.8 Å². The van der Waals surface area contributed by atoms with E-state index in [-0.39, 0.29) is 5.91 Å². The van der Waals surface area contributed by atoms with Gasteiger partial charge in [0.1, 0.15) is 0 Å². The molecule has 2 rings (SSSR count). The summed E-state index contributed by atoms with van der Waals surface area (Å²) in [6, 6.07) is 0. The summed E-state index contributed by atoms with van der Waals surface area (Å²) in [7, 11) is 0. The van der Waals surface area contributed by atoms with Crippen LogP contribution >= 0.6 is 11.3 Å². The molecule has 1 N–H and O–H groups in total. The normalized spacial score (nSPS) is 10.7. The predicted molar refractivity (Wildman–Crippen MR) is 72.2 cm³/mol. The van der Waals surface area contributed by atoms with Gasteiger partial charge < -0.3 is 0 Å². The molecule has 0 aromatic carbocycles. The molecular weight excluding hydrogens is 248 g/mol. The molecule has 2 aromatic heterocycles. The van der Waals surface area contributed by atoms with Gasteiger partial charge in [0.2, 0.25) is 0 Å². The molecule has 0 spiro atoms. The second-order valence-electron chi connectivity index (χ2n) is 4.07. The number of anilines is 1. The number of aromatic nitrogens is 3. The number of nitrogens with one attached hydrogen (secondary N) is 1. The van der Waals surface area contributed by atoms with Crippen molar-refractivity contribution in [3.8, 4) is 0 Å². The molecule has 0 saturated carbocycles. The van der Waals surface area contributed by atoms with Crippen LogP contribution in [0.1, 0.15) is 33.5 Å². The summed E-state index contributed by atoms with van der Waals surface area (Å²) >= 11 is 1.49. The number of thiazole rings is 1. The zero-order valence-corrected chi connectivity index (χ0v) is 11.8. The third-order valence-corrected chi connectivity index (χ3v) is 3.88. The summed E-state index contributed by atoms with van der Waals surface area (Å²) in [6.07, 6.45) is 1.60. The standard InChI is InChI=1S/C12H16N4OS/c1-5-16-8(3)10(6-13-16)11(17)15-12-14-7(2)9(4)18-12/h6H,5H2,1-4H3,(H,14,15,17). The van der Waals surface area contributed by atoms with Gasteiger partial charge in [0.05, 0.1) is 17.5 Å². The van der Waals surface area contributed by atoms with E-state index in [0.717, 1.165) is 22.8 Å². The fourth-order valence-corrected chi connectivity index (χ4v) is 2.49. The van der Waals surface area contributed by atoms with Crippen LogP contribution in [0.5, 0.6) is 0 Å². The Labute approximate surface area is 110 Å². The van der Waals surface area contributed by atoms with Gasteiger partial charge in [0.15, 0.2) is 5.13 Å². The molecule has 18 heavy (non-hydrogen) atoms. The van der Waals surface area contributed by atoms with Crippen LogP contribution in [0.3, 0.4) is 0 Å². The van der Waals surface area contributed by atoms with Crippen molar-refractivity contribution in [3.63, 3.8) is 0 Å². The number of aryl methyl sites for hydroxylation is 3. The van der Waals surface area contributed by atoms with Gasteiger partial charge in [-0.15, -0.1) is 11.3 Å². The minimum atomic E-state index is -0.152. The number of nitrogens with zero attached hydrogens (tertiary/aromatic N) is 3. The number of hydrogen-bond acceptors (Lipinski definition) is 4. The van der Waals surface area contributed by atoms with E-state index >= 15 is 0 Å². The lowest BCUT2D eigenvalue weighted by molar-refractivity contribution is 0.102. The van der Waals surface area contributed by atoms with E-state index in [1.165, 1.54) is 11.3 Å². The molecule has 2 aromatic rings. The largest absolute Gasteiger partial charge is 0.298 e. The molecule has 0 aliphatic heterocycles. The van der Waals surface area contributed by atoms with E-state index in [4.69, 9.17) is 0 Å². The van der Waals surface area contributed by atoms with Crippen molar-refractivity contribution in [3.05, 3.63) is 28.0 Å². The molecule has 1 amide bonds. The number of hydrogen-bond donors (Lipinski definition) is 1. The average molecular weight is 264 g/mol. The van der Waals surface area contributed by atoms with E-state index in [1.807, 2.05) is 27.7 Å². The Morgan fingerprint density at radius 3 is 2.67 bits per heavy atom. The fraction of sp³-hybridized carbons (Fsp3) is 0.417.